The van der Waals surface area contributed by atoms with Gasteiger partial charge in [-0.1, -0.05) is 18.2 Å². The van der Waals surface area contributed by atoms with Gasteiger partial charge in [0.15, 0.2) is 9.84 Å². The predicted octanol–water partition coefficient (Wildman–Crippen LogP) is 2.82. The first kappa shape index (κ1) is 10.4. The van der Waals surface area contributed by atoms with Gasteiger partial charge in [-0.25, -0.2) is 8.42 Å². The Morgan fingerprint density at radius 1 is 1.07 bits per heavy atom. The molecule has 1 aromatic carbocycles. The molecule has 0 bridgehead atoms. The minimum atomic E-state index is -3.08. The van der Waals surface area contributed by atoms with Crippen LogP contribution in [0.25, 0.3) is 10.4 Å². The van der Waals surface area contributed by atoms with Crippen molar-refractivity contribution in [2.75, 3.05) is 6.26 Å². The third-order valence-corrected chi connectivity index (χ3v) is 4.14. The molecule has 0 spiro atoms. The molecule has 15 heavy (non-hydrogen) atoms. The van der Waals surface area contributed by atoms with Crippen LogP contribution in [0.1, 0.15) is 0 Å². The molecule has 1 heterocycles. The van der Waals surface area contributed by atoms with Crippen LogP contribution >= 0.6 is 11.3 Å². The van der Waals surface area contributed by atoms with Crippen LogP contribution in [-0.2, 0) is 9.84 Å². The van der Waals surface area contributed by atoms with E-state index < -0.39 is 9.84 Å². The first-order chi connectivity index (χ1) is 7.07. The average Bonchev–Trinajstić information content (AvgIpc) is 2.69. The fraction of sp³-hybridized carbons (Fsp3) is 0.0909. The number of hydrogen-bond donors (Lipinski definition) is 0. The summed E-state index contributed by atoms with van der Waals surface area (Å²) in [5, 5.41) is 2.00. The molecule has 78 valence electrons. The molecule has 0 aliphatic rings. The summed E-state index contributed by atoms with van der Waals surface area (Å²) in [4.78, 5) is 1.51. The molecule has 2 nitrogen and oxygen atoms in total. The van der Waals surface area contributed by atoms with Gasteiger partial charge in [0.1, 0.15) is 0 Å². The Kier molecular flexibility index (Phi) is 2.63. The molecule has 0 fully saturated rings. The third kappa shape index (κ3) is 2.27. The number of sulfone groups is 1. The maximum atomic E-state index is 11.2. The lowest BCUT2D eigenvalue weighted by Crippen LogP contribution is -1.95. The molecule has 4 heteroatoms. The molecule has 0 saturated heterocycles. The van der Waals surface area contributed by atoms with Gasteiger partial charge < -0.3 is 0 Å². The summed E-state index contributed by atoms with van der Waals surface area (Å²) in [6.45, 7) is 0. The summed E-state index contributed by atoms with van der Waals surface area (Å²) in [6, 6.07) is 10.9. The van der Waals surface area contributed by atoms with E-state index in [9.17, 15) is 8.42 Å². The van der Waals surface area contributed by atoms with E-state index in [1.807, 2.05) is 29.6 Å². The lowest BCUT2D eigenvalue weighted by molar-refractivity contribution is 0.602. The average molecular weight is 238 g/mol. The third-order valence-electron chi connectivity index (χ3n) is 2.09. The van der Waals surface area contributed by atoms with Crippen LogP contribution in [0.5, 0.6) is 0 Å². The van der Waals surface area contributed by atoms with Crippen molar-refractivity contribution in [1.29, 1.82) is 0 Å². The maximum absolute atomic E-state index is 11.2. The molecule has 1 aromatic heterocycles. The maximum Gasteiger partial charge on any atom is 0.175 e. The highest BCUT2D eigenvalue weighted by atomic mass is 32.2. The molecule has 0 atom stereocenters. The second-order valence-corrected chi connectivity index (χ2v) is 6.24. The molecule has 2 aromatic rings. The Balaban J connectivity index is 2.42. The highest BCUT2D eigenvalue weighted by Crippen LogP contribution is 2.25. The van der Waals surface area contributed by atoms with Gasteiger partial charge in [-0.3, -0.25) is 0 Å². The largest absolute Gasteiger partial charge is 0.224 e. The van der Waals surface area contributed by atoms with E-state index in [-0.39, 0.29) is 0 Å². The number of thiophene rings is 1. The van der Waals surface area contributed by atoms with Gasteiger partial charge in [0, 0.05) is 11.1 Å². The zero-order valence-electron chi connectivity index (χ0n) is 8.17. The highest BCUT2D eigenvalue weighted by molar-refractivity contribution is 7.90. The summed E-state index contributed by atoms with van der Waals surface area (Å²) in [5.74, 6) is 0. The second kappa shape index (κ2) is 3.79. The fourth-order valence-corrected chi connectivity index (χ4v) is 2.67. The van der Waals surface area contributed by atoms with Crippen molar-refractivity contribution in [1.82, 2.24) is 0 Å². The van der Waals surface area contributed by atoms with Gasteiger partial charge in [0.2, 0.25) is 0 Å². The van der Waals surface area contributed by atoms with Crippen LogP contribution in [0.3, 0.4) is 0 Å². The first-order valence-corrected chi connectivity index (χ1v) is 7.18. The lowest BCUT2D eigenvalue weighted by Gasteiger charge is -2.00. The summed E-state index contributed by atoms with van der Waals surface area (Å²) < 4.78 is 22.5. The predicted molar refractivity (Wildman–Crippen MR) is 62.9 cm³/mol. The molecule has 0 amide bonds. The molecule has 0 unspecified atom stereocenters. The van der Waals surface area contributed by atoms with Crippen molar-refractivity contribution in [3.05, 3.63) is 41.8 Å². The van der Waals surface area contributed by atoms with Gasteiger partial charge in [-0.2, -0.15) is 0 Å². The smallest absolute Gasteiger partial charge is 0.175 e. The summed E-state index contributed by atoms with van der Waals surface area (Å²) in [6.07, 6.45) is 1.22. The Hall–Kier alpha value is -1.13. The van der Waals surface area contributed by atoms with Crippen molar-refractivity contribution in [2.45, 2.75) is 4.90 Å². The zero-order valence-corrected chi connectivity index (χ0v) is 9.81. The van der Waals surface area contributed by atoms with E-state index in [1.54, 1.807) is 23.5 Å². The second-order valence-electron chi connectivity index (χ2n) is 3.27. The Morgan fingerprint density at radius 3 is 2.20 bits per heavy atom. The first-order valence-electron chi connectivity index (χ1n) is 4.41. The van der Waals surface area contributed by atoms with Crippen molar-refractivity contribution in [3.63, 3.8) is 0 Å². The van der Waals surface area contributed by atoms with E-state index in [4.69, 9.17) is 0 Å². The zero-order chi connectivity index (χ0) is 10.9. The van der Waals surface area contributed by atoms with Crippen LogP contribution < -0.4 is 0 Å². The minimum Gasteiger partial charge on any atom is -0.224 e. The fourth-order valence-electron chi connectivity index (χ4n) is 1.31. The number of rotatable bonds is 2. The Labute approximate surface area is 93.1 Å². The summed E-state index contributed by atoms with van der Waals surface area (Å²) in [5.41, 5.74) is 1.05. The molecule has 0 aliphatic heterocycles. The monoisotopic (exact) mass is 238 g/mol. The Bertz CT molecular complexity index is 537. The van der Waals surface area contributed by atoms with Crippen LogP contribution in [0.15, 0.2) is 46.7 Å². The van der Waals surface area contributed by atoms with Crippen molar-refractivity contribution in [3.8, 4) is 10.4 Å². The molecular weight excluding hydrogens is 228 g/mol. The molecule has 2 rings (SSSR count). The van der Waals surface area contributed by atoms with Crippen molar-refractivity contribution in [2.24, 2.45) is 0 Å². The molecule has 0 radical (unpaired) electrons. The van der Waals surface area contributed by atoms with Crippen LogP contribution in [-0.4, -0.2) is 14.7 Å². The van der Waals surface area contributed by atoms with Gasteiger partial charge in [0.05, 0.1) is 4.90 Å². The van der Waals surface area contributed by atoms with E-state index >= 15 is 0 Å². The van der Waals surface area contributed by atoms with Crippen molar-refractivity contribution < 1.29 is 8.42 Å². The SMILES string of the molecule is CS(=O)(=O)c1ccc(-c2cccs2)cc1. The molecule has 0 aliphatic carbocycles. The Morgan fingerprint density at radius 2 is 1.73 bits per heavy atom. The molecular formula is C11H10O2S2. The highest BCUT2D eigenvalue weighted by Gasteiger charge is 2.06. The van der Waals surface area contributed by atoms with Crippen molar-refractivity contribution >= 4 is 21.2 Å². The summed E-state index contributed by atoms with van der Waals surface area (Å²) in [7, 11) is -3.08. The topological polar surface area (TPSA) is 34.1 Å². The minimum absolute atomic E-state index is 0.364. The van der Waals surface area contributed by atoms with Gasteiger partial charge >= 0.3 is 0 Å². The van der Waals surface area contributed by atoms with E-state index in [0.29, 0.717) is 4.90 Å². The van der Waals surface area contributed by atoms with E-state index in [1.165, 1.54) is 6.26 Å². The lowest BCUT2D eigenvalue weighted by atomic mass is 10.2. The van der Waals surface area contributed by atoms with Gasteiger partial charge in [-0.05, 0) is 29.1 Å². The van der Waals surface area contributed by atoms with Crippen LogP contribution in [0.4, 0.5) is 0 Å². The van der Waals surface area contributed by atoms with E-state index in [0.717, 1.165) is 10.4 Å². The normalized spacial score (nSPS) is 11.5. The molecule has 0 saturated carbocycles. The summed E-state index contributed by atoms with van der Waals surface area (Å²) >= 11 is 1.64. The van der Waals surface area contributed by atoms with Crippen LogP contribution in [0.2, 0.25) is 0 Å². The molecule has 0 N–H and O–H groups in total. The quantitative estimate of drug-likeness (QED) is 0.806. The van der Waals surface area contributed by atoms with Crippen LogP contribution in [0, 0.1) is 0 Å². The number of benzene rings is 1. The standard InChI is InChI=1S/C11H10O2S2/c1-15(12,13)10-6-4-9(5-7-10)11-3-2-8-14-11/h2-8H,1H3. The van der Waals surface area contributed by atoms with Gasteiger partial charge in [0.25, 0.3) is 0 Å². The van der Waals surface area contributed by atoms with Gasteiger partial charge in [-0.15, -0.1) is 11.3 Å². The van der Waals surface area contributed by atoms with E-state index in [2.05, 4.69) is 0 Å². The number of hydrogen-bond acceptors (Lipinski definition) is 3.